The van der Waals surface area contributed by atoms with Crippen LogP contribution >= 0.6 is 11.6 Å². The standard InChI is InChI=1S/C6H7ClO2/c1-3-9-6(8)4-5(2)7/h3-4H,1H2,2H3/b5-4-. The summed E-state index contributed by atoms with van der Waals surface area (Å²) in [6.45, 7) is 4.78. The van der Waals surface area contributed by atoms with Gasteiger partial charge in [0.25, 0.3) is 0 Å². The molecule has 0 saturated heterocycles. The van der Waals surface area contributed by atoms with Gasteiger partial charge in [-0.05, 0) is 6.92 Å². The Hall–Kier alpha value is -0.760. The Balaban J connectivity index is 3.76. The van der Waals surface area contributed by atoms with Crippen molar-refractivity contribution in [3.63, 3.8) is 0 Å². The molecular formula is C6H7ClO2. The normalized spacial score (nSPS) is 10.7. The second-order valence-corrected chi connectivity index (χ2v) is 1.93. The summed E-state index contributed by atoms with van der Waals surface area (Å²) in [7, 11) is 0. The molecule has 0 saturated carbocycles. The molecule has 0 aliphatic rings. The van der Waals surface area contributed by atoms with E-state index in [0.29, 0.717) is 5.03 Å². The number of esters is 1. The van der Waals surface area contributed by atoms with Crippen molar-refractivity contribution in [2.75, 3.05) is 0 Å². The quantitative estimate of drug-likeness (QED) is 0.338. The van der Waals surface area contributed by atoms with Crippen LogP contribution < -0.4 is 0 Å². The fourth-order valence-electron chi connectivity index (χ4n) is 0.279. The number of hydrogen-bond acceptors (Lipinski definition) is 2. The van der Waals surface area contributed by atoms with Crippen LogP contribution in [0, 0.1) is 0 Å². The number of halogens is 1. The van der Waals surface area contributed by atoms with E-state index in [9.17, 15) is 4.79 Å². The fourth-order valence-corrected chi connectivity index (χ4v) is 0.368. The van der Waals surface area contributed by atoms with Crippen LogP contribution in [0.15, 0.2) is 23.9 Å². The summed E-state index contributed by atoms with van der Waals surface area (Å²) >= 11 is 5.33. The predicted molar refractivity (Wildman–Crippen MR) is 35.9 cm³/mol. The highest BCUT2D eigenvalue weighted by molar-refractivity contribution is 6.30. The molecule has 0 bridgehead atoms. The van der Waals surface area contributed by atoms with E-state index in [-0.39, 0.29) is 0 Å². The first-order valence-corrected chi connectivity index (χ1v) is 2.70. The van der Waals surface area contributed by atoms with Crippen molar-refractivity contribution in [1.82, 2.24) is 0 Å². The average molecular weight is 147 g/mol. The Morgan fingerprint density at radius 2 is 2.33 bits per heavy atom. The second-order valence-electron chi connectivity index (χ2n) is 1.33. The minimum absolute atomic E-state index is 0.391. The van der Waals surface area contributed by atoms with Crippen LogP contribution in [0.2, 0.25) is 0 Å². The van der Waals surface area contributed by atoms with Crippen LogP contribution in [-0.4, -0.2) is 5.97 Å². The number of rotatable bonds is 2. The highest BCUT2D eigenvalue weighted by atomic mass is 35.5. The maximum Gasteiger partial charge on any atom is 0.336 e. The Kier molecular flexibility index (Phi) is 3.80. The van der Waals surface area contributed by atoms with Crippen LogP contribution in [0.5, 0.6) is 0 Å². The van der Waals surface area contributed by atoms with E-state index >= 15 is 0 Å². The van der Waals surface area contributed by atoms with E-state index in [4.69, 9.17) is 11.6 Å². The Bertz CT molecular complexity index is 145. The largest absolute Gasteiger partial charge is 0.432 e. The number of hydrogen-bond donors (Lipinski definition) is 0. The average Bonchev–Trinajstić information content (AvgIpc) is 1.63. The Morgan fingerprint density at radius 3 is 2.67 bits per heavy atom. The monoisotopic (exact) mass is 146 g/mol. The number of allylic oxidation sites excluding steroid dienone is 1. The summed E-state index contributed by atoms with van der Waals surface area (Å²) < 4.78 is 4.32. The molecule has 0 aliphatic carbocycles. The third kappa shape index (κ3) is 5.11. The molecule has 0 atom stereocenters. The van der Waals surface area contributed by atoms with Crippen molar-refractivity contribution in [2.45, 2.75) is 6.92 Å². The predicted octanol–water partition coefficient (Wildman–Crippen LogP) is 1.82. The van der Waals surface area contributed by atoms with Crippen LogP contribution in [-0.2, 0) is 9.53 Å². The summed E-state index contributed by atoms with van der Waals surface area (Å²) in [5.41, 5.74) is 0. The lowest BCUT2D eigenvalue weighted by atomic mass is 10.5. The second kappa shape index (κ2) is 4.15. The van der Waals surface area contributed by atoms with Gasteiger partial charge in [0.05, 0.1) is 6.26 Å². The van der Waals surface area contributed by atoms with Gasteiger partial charge < -0.3 is 4.74 Å². The van der Waals surface area contributed by atoms with Gasteiger partial charge in [0.2, 0.25) is 0 Å². The molecule has 0 aromatic rings. The zero-order chi connectivity index (χ0) is 7.28. The molecule has 0 N–H and O–H groups in total. The van der Waals surface area contributed by atoms with E-state index in [1.807, 2.05) is 0 Å². The van der Waals surface area contributed by atoms with Crippen molar-refractivity contribution in [2.24, 2.45) is 0 Å². The lowest BCUT2D eigenvalue weighted by molar-refractivity contribution is -0.132. The van der Waals surface area contributed by atoms with Crippen LogP contribution in [0.1, 0.15) is 6.92 Å². The first kappa shape index (κ1) is 8.24. The molecule has 0 aliphatic heterocycles. The first-order chi connectivity index (χ1) is 4.16. The summed E-state index contributed by atoms with van der Waals surface area (Å²) in [6, 6.07) is 0. The highest BCUT2D eigenvalue weighted by Gasteiger charge is 1.92. The van der Waals surface area contributed by atoms with Gasteiger partial charge in [-0.25, -0.2) is 4.79 Å². The van der Waals surface area contributed by atoms with Gasteiger partial charge in [-0.3, -0.25) is 0 Å². The Morgan fingerprint density at radius 1 is 1.78 bits per heavy atom. The van der Waals surface area contributed by atoms with E-state index in [2.05, 4.69) is 11.3 Å². The molecule has 0 aromatic carbocycles. The molecule has 50 valence electrons. The summed E-state index contributed by atoms with van der Waals surface area (Å²) in [5, 5.41) is 0.391. The highest BCUT2D eigenvalue weighted by Crippen LogP contribution is 1.97. The smallest absolute Gasteiger partial charge is 0.336 e. The van der Waals surface area contributed by atoms with Gasteiger partial charge in [-0.2, -0.15) is 0 Å². The molecular weight excluding hydrogens is 140 g/mol. The van der Waals surface area contributed by atoms with Gasteiger partial charge in [-0.1, -0.05) is 18.2 Å². The first-order valence-electron chi connectivity index (χ1n) is 2.32. The maximum absolute atomic E-state index is 10.4. The van der Waals surface area contributed by atoms with Gasteiger partial charge in [0.15, 0.2) is 0 Å². The minimum Gasteiger partial charge on any atom is -0.432 e. The van der Waals surface area contributed by atoms with E-state index in [1.165, 1.54) is 6.08 Å². The van der Waals surface area contributed by atoms with Crippen LogP contribution in [0.3, 0.4) is 0 Å². The van der Waals surface area contributed by atoms with Gasteiger partial charge in [0.1, 0.15) is 0 Å². The Labute approximate surface area is 58.8 Å². The van der Waals surface area contributed by atoms with E-state index < -0.39 is 5.97 Å². The topological polar surface area (TPSA) is 26.3 Å². The molecule has 0 heterocycles. The van der Waals surface area contributed by atoms with Gasteiger partial charge in [-0.15, -0.1) is 0 Å². The summed E-state index contributed by atoms with van der Waals surface area (Å²) in [5.74, 6) is -0.502. The van der Waals surface area contributed by atoms with E-state index in [0.717, 1.165) is 6.26 Å². The van der Waals surface area contributed by atoms with Crippen LogP contribution in [0.4, 0.5) is 0 Å². The summed E-state index contributed by atoms with van der Waals surface area (Å²) in [6.07, 6.45) is 2.22. The lowest BCUT2D eigenvalue weighted by Gasteiger charge is -1.89. The number of ether oxygens (including phenoxy) is 1. The van der Waals surface area contributed by atoms with Crippen molar-refractivity contribution < 1.29 is 9.53 Å². The van der Waals surface area contributed by atoms with Crippen LogP contribution in [0.25, 0.3) is 0 Å². The number of carbonyl (C=O) groups excluding carboxylic acids is 1. The zero-order valence-corrected chi connectivity index (χ0v) is 5.81. The van der Waals surface area contributed by atoms with Crippen molar-refractivity contribution in [1.29, 1.82) is 0 Å². The molecule has 3 heteroatoms. The maximum atomic E-state index is 10.4. The molecule has 0 unspecified atom stereocenters. The van der Waals surface area contributed by atoms with Crippen molar-refractivity contribution in [3.05, 3.63) is 23.9 Å². The van der Waals surface area contributed by atoms with E-state index in [1.54, 1.807) is 6.92 Å². The third-order valence-corrected chi connectivity index (χ3v) is 0.625. The fraction of sp³-hybridized carbons (Fsp3) is 0.167. The summed E-state index contributed by atoms with van der Waals surface area (Å²) in [4.78, 5) is 10.4. The molecule has 0 spiro atoms. The zero-order valence-electron chi connectivity index (χ0n) is 5.06. The molecule has 9 heavy (non-hydrogen) atoms. The lowest BCUT2D eigenvalue weighted by Crippen LogP contribution is -1.92. The molecule has 0 amide bonds. The van der Waals surface area contributed by atoms with Crippen molar-refractivity contribution in [3.8, 4) is 0 Å². The molecule has 0 aromatic heterocycles. The van der Waals surface area contributed by atoms with Crippen molar-refractivity contribution >= 4 is 17.6 Å². The molecule has 2 nitrogen and oxygen atoms in total. The molecule has 0 fully saturated rings. The molecule has 0 radical (unpaired) electrons. The molecule has 0 rings (SSSR count). The number of carbonyl (C=O) groups is 1. The van der Waals surface area contributed by atoms with Gasteiger partial charge >= 0.3 is 5.97 Å². The third-order valence-electron chi connectivity index (χ3n) is 0.516. The SMILES string of the molecule is C=COC(=O)/C=C(/C)Cl. The van der Waals surface area contributed by atoms with Gasteiger partial charge in [0, 0.05) is 11.1 Å². The minimum atomic E-state index is -0.502.